The molecular formula is C33H34F3N5O6S. The minimum Gasteiger partial charge on any atom is -0.455 e. The summed E-state index contributed by atoms with van der Waals surface area (Å²) in [5.74, 6) is -2.04. The highest BCUT2D eigenvalue weighted by atomic mass is 32.2. The number of nitrogens with zero attached hydrogens (tertiary/aromatic N) is 5. The zero-order chi connectivity index (χ0) is 34.9. The van der Waals surface area contributed by atoms with E-state index < -0.39 is 44.7 Å². The number of ketones is 1. The fourth-order valence-corrected chi connectivity index (χ4v) is 7.57. The van der Waals surface area contributed by atoms with Crippen molar-refractivity contribution in [3.05, 3.63) is 84.0 Å². The summed E-state index contributed by atoms with van der Waals surface area (Å²) in [5.41, 5.74) is -1.24. The Morgan fingerprint density at radius 1 is 1.08 bits per heavy atom. The van der Waals surface area contributed by atoms with Crippen LogP contribution in [0.5, 0.6) is 11.5 Å². The number of sulfone groups is 1. The van der Waals surface area contributed by atoms with Gasteiger partial charge in [-0.3, -0.25) is 24.4 Å². The molecule has 4 aromatic rings. The Bertz CT molecular complexity index is 1900. The van der Waals surface area contributed by atoms with E-state index >= 15 is 0 Å². The number of halogens is 3. The van der Waals surface area contributed by atoms with E-state index in [1.165, 1.54) is 30.3 Å². The molecule has 15 heteroatoms. The van der Waals surface area contributed by atoms with Crippen LogP contribution in [0.4, 0.5) is 13.2 Å². The molecule has 3 heterocycles. The van der Waals surface area contributed by atoms with Crippen LogP contribution in [0.3, 0.4) is 0 Å². The minimum atomic E-state index is -4.88. The van der Waals surface area contributed by atoms with Crippen molar-refractivity contribution in [3.63, 3.8) is 0 Å². The Hall–Kier alpha value is -4.47. The highest BCUT2D eigenvalue weighted by Gasteiger charge is 2.50. The van der Waals surface area contributed by atoms with Gasteiger partial charge < -0.3 is 9.26 Å². The molecule has 0 radical (unpaired) electrons. The Morgan fingerprint density at radius 2 is 1.81 bits per heavy atom. The van der Waals surface area contributed by atoms with Crippen molar-refractivity contribution in [2.24, 2.45) is 5.92 Å². The van der Waals surface area contributed by atoms with E-state index in [9.17, 15) is 31.2 Å². The molecule has 1 aliphatic heterocycles. The van der Waals surface area contributed by atoms with Gasteiger partial charge in [0.2, 0.25) is 17.5 Å². The molecule has 1 unspecified atom stereocenters. The number of aromatic nitrogens is 3. The maximum atomic E-state index is 14.3. The standard InChI is InChI=1S/C33H34F3N5O6S/c1-21(2)19-48(44,45)28-11-6-5-10-27(28)46-26-13-12-22(15-24(26)33(34,35)36)31-38-29(47-39-31)17-40-20-41(16-23-9-7-8-14-37-23)32(3,4)30(40)25(43)18-42/h5-15,18,21,30H,16-17,19-20H2,1-4H3. The number of rotatable bonds is 12. The molecule has 1 fully saturated rings. The second kappa shape index (κ2) is 13.6. The van der Waals surface area contributed by atoms with Gasteiger partial charge in [0.15, 0.2) is 16.1 Å². The second-order valence-corrected chi connectivity index (χ2v) is 14.4. The molecule has 0 N–H and O–H groups in total. The highest BCUT2D eigenvalue weighted by molar-refractivity contribution is 7.91. The van der Waals surface area contributed by atoms with E-state index in [1.807, 2.05) is 30.9 Å². The molecule has 0 spiro atoms. The summed E-state index contributed by atoms with van der Waals surface area (Å²) < 4.78 is 79.8. The number of Topliss-reactive ketones (excluding diaryl/α,β-unsaturated/α-hetero) is 1. The number of ether oxygens (including phenoxy) is 1. The molecule has 0 aliphatic carbocycles. The molecule has 0 bridgehead atoms. The summed E-state index contributed by atoms with van der Waals surface area (Å²) in [6.07, 6.45) is -2.96. The lowest BCUT2D eigenvalue weighted by Crippen LogP contribution is -2.51. The summed E-state index contributed by atoms with van der Waals surface area (Å²) in [7, 11) is -3.84. The third-order valence-electron chi connectivity index (χ3n) is 7.97. The number of carbonyl (C=O) groups excluding carboxylic acids is 2. The van der Waals surface area contributed by atoms with E-state index in [0.29, 0.717) is 6.54 Å². The summed E-state index contributed by atoms with van der Waals surface area (Å²) in [6.45, 7) is 7.68. The van der Waals surface area contributed by atoms with Crippen molar-refractivity contribution in [2.75, 3.05) is 12.4 Å². The molecule has 0 saturated carbocycles. The molecule has 48 heavy (non-hydrogen) atoms. The molecule has 0 amide bonds. The van der Waals surface area contributed by atoms with E-state index in [-0.39, 0.29) is 59.1 Å². The number of benzene rings is 2. The maximum Gasteiger partial charge on any atom is 0.420 e. The van der Waals surface area contributed by atoms with Gasteiger partial charge >= 0.3 is 6.18 Å². The topological polar surface area (TPSA) is 136 Å². The van der Waals surface area contributed by atoms with Crippen molar-refractivity contribution in [1.82, 2.24) is 24.9 Å². The number of carbonyl (C=O) groups is 2. The summed E-state index contributed by atoms with van der Waals surface area (Å²) in [4.78, 5) is 36.5. The van der Waals surface area contributed by atoms with Crippen molar-refractivity contribution in [2.45, 2.75) is 63.4 Å². The van der Waals surface area contributed by atoms with Crippen LogP contribution in [0.25, 0.3) is 11.4 Å². The molecule has 5 rings (SSSR count). The third kappa shape index (κ3) is 7.48. The fraction of sp³-hybridized carbons (Fsp3) is 0.364. The van der Waals surface area contributed by atoms with Crippen molar-refractivity contribution in [3.8, 4) is 22.9 Å². The van der Waals surface area contributed by atoms with Crippen LogP contribution in [0.2, 0.25) is 0 Å². The summed E-state index contributed by atoms with van der Waals surface area (Å²) in [6, 6.07) is 13.3. The van der Waals surface area contributed by atoms with Gasteiger partial charge in [-0.15, -0.1) is 0 Å². The number of alkyl halides is 3. The van der Waals surface area contributed by atoms with E-state index in [4.69, 9.17) is 9.26 Å². The third-order valence-corrected chi connectivity index (χ3v) is 10.1. The van der Waals surface area contributed by atoms with Gasteiger partial charge in [0, 0.05) is 23.8 Å². The van der Waals surface area contributed by atoms with E-state index in [0.717, 1.165) is 17.8 Å². The molecule has 2 aromatic carbocycles. The van der Waals surface area contributed by atoms with Gasteiger partial charge in [-0.25, -0.2) is 8.42 Å². The second-order valence-electron chi connectivity index (χ2n) is 12.4. The van der Waals surface area contributed by atoms with Crippen molar-refractivity contribution in [1.29, 1.82) is 0 Å². The molecule has 1 saturated heterocycles. The smallest absolute Gasteiger partial charge is 0.420 e. The highest BCUT2D eigenvalue weighted by Crippen LogP contribution is 2.42. The van der Waals surface area contributed by atoms with Crippen LogP contribution in [-0.2, 0) is 38.7 Å². The zero-order valence-electron chi connectivity index (χ0n) is 26.6. The molecule has 1 aliphatic rings. The molecule has 11 nitrogen and oxygen atoms in total. The van der Waals surface area contributed by atoms with Crippen molar-refractivity contribution >= 4 is 21.9 Å². The summed E-state index contributed by atoms with van der Waals surface area (Å²) >= 11 is 0. The van der Waals surface area contributed by atoms with Crippen LogP contribution in [0.1, 0.15) is 44.8 Å². The number of hydrogen-bond donors (Lipinski definition) is 0. The van der Waals surface area contributed by atoms with Crippen LogP contribution in [-0.4, -0.2) is 69.4 Å². The Kier molecular flexibility index (Phi) is 9.85. The van der Waals surface area contributed by atoms with Crippen LogP contribution >= 0.6 is 0 Å². The van der Waals surface area contributed by atoms with Gasteiger partial charge in [0.05, 0.1) is 36.3 Å². The first-order chi connectivity index (χ1) is 22.6. The lowest BCUT2D eigenvalue weighted by molar-refractivity contribution is -0.138. The van der Waals surface area contributed by atoms with E-state index in [1.54, 1.807) is 31.0 Å². The number of hydrogen-bond acceptors (Lipinski definition) is 11. The first-order valence-electron chi connectivity index (χ1n) is 15.0. The van der Waals surface area contributed by atoms with Crippen LogP contribution < -0.4 is 4.74 Å². The normalized spacial score (nSPS) is 17.1. The minimum absolute atomic E-state index is 0.0161. The Balaban J connectivity index is 1.41. The Morgan fingerprint density at radius 3 is 2.48 bits per heavy atom. The average molecular weight is 686 g/mol. The van der Waals surface area contributed by atoms with Crippen molar-refractivity contribution < 1.29 is 40.4 Å². The maximum absolute atomic E-state index is 14.3. The van der Waals surface area contributed by atoms with Gasteiger partial charge in [-0.05, 0) is 62.2 Å². The molecule has 1 atom stereocenters. The number of para-hydroxylation sites is 1. The fourth-order valence-electron chi connectivity index (χ4n) is 5.81. The van der Waals surface area contributed by atoms with Crippen LogP contribution in [0.15, 0.2) is 76.3 Å². The van der Waals surface area contributed by atoms with Crippen LogP contribution in [0, 0.1) is 5.92 Å². The van der Waals surface area contributed by atoms with Gasteiger partial charge in [-0.2, -0.15) is 18.2 Å². The first kappa shape index (κ1) is 34.9. The number of pyridine rings is 1. The lowest BCUT2D eigenvalue weighted by Gasteiger charge is -2.33. The lowest BCUT2D eigenvalue weighted by atomic mass is 9.91. The molecular weight excluding hydrogens is 651 g/mol. The predicted octanol–water partition coefficient (Wildman–Crippen LogP) is 5.56. The Labute approximate surface area is 275 Å². The zero-order valence-corrected chi connectivity index (χ0v) is 27.5. The molecule has 254 valence electrons. The van der Waals surface area contributed by atoms with Gasteiger partial charge in [0.25, 0.3) is 0 Å². The average Bonchev–Trinajstić information content (AvgIpc) is 3.58. The van der Waals surface area contributed by atoms with E-state index in [2.05, 4.69) is 15.1 Å². The molecule has 2 aromatic heterocycles. The predicted molar refractivity (Wildman–Crippen MR) is 167 cm³/mol. The SMILES string of the molecule is CC(C)CS(=O)(=O)c1ccccc1Oc1ccc(-c2noc(CN3CN(Cc4ccccn4)C(C)(C)C3C(=O)C=O)n2)cc1C(F)(F)F. The monoisotopic (exact) mass is 685 g/mol. The van der Waals surface area contributed by atoms with Gasteiger partial charge in [0.1, 0.15) is 16.4 Å². The first-order valence-corrected chi connectivity index (χ1v) is 16.7. The summed E-state index contributed by atoms with van der Waals surface area (Å²) in [5, 5.41) is 3.87. The quantitative estimate of drug-likeness (QED) is 0.137. The largest absolute Gasteiger partial charge is 0.455 e. The van der Waals surface area contributed by atoms with Gasteiger partial charge in [-0.1, -0.05) is 37.2 Å². The number of aldehydes is 1.